The van der Waals surface area contributed by atoms with E-state index in [1.807, 2.05) is 42.5 Å². The molecule has 0 unspecified atom stereocenters. The van der Waals surface area contributed by atoms with Crippen LogP contribution in [0.25, 0.3) is 11.0 Å². The van der Waals surface area contributed by atoms with Crippen LogP contribution in [0.1, 0.15) is 11.1 Å². The van der Waals surface area contributed by atoms with Crippen molar-refractivity contribution in [3.63, 3.8) is 0 Å². The van der Waals surface area contributed by atoms with Gasteiger partial charge in [-0.15, -0.1) is 0 Å². The predicted molar refractivity (Wildman–Crippen MR) is 88.0 cm³/mol. The van der Waals surface area contributed by atoms with Crippen LogP contribution in [0, 0.1) is 11.8 Å². The Bertz CT molecular complexity index is 778. The Hall–Kier alpha value is -2.22. The molecule has 1 aromatic heterocycles. The lowest BCUT2D eigenvalue weighted by Crippen LogP contribution is -1.94. The minimum absolute atomic E-state index is 0.380. The molecule has 0 aliphatic heterocycles. The van der Waals surface area contributed by atoms with Crippen LogP contribution in [0.4, 0.5) is 0 Å². The molecule has 0 bridgehead atoms. The number of fused-ring (bicyclic) bond motifs is 1. The number of nitrogens with zero attached hydrogens (tertiary/aromatic N) is 1. The van der Waals surface area contributed by atoms with Crippen molar-refractivity contribution in [1.82, 2.24) is 9.97 Å². The molecular weight excluding hydrogens is 278 g/mol. The summed E-state index contributed by atoms with van der Waals surface area (Å²) in [5, 5.41) is 0.929. The maximum Gasteiger partial charge on any atom is 0.166 e. The second-order valence-electron chi connectivity index (χ2n) is 4.51. The zero-order chi connectivity index (χ0) is 14.5. The molecule has 4 heteroatoms. The van der Waals surface area contributed by atoms with E-state index in [0.717, 1.165) is 27.5 Å². The second-order valence-corrected chi connectivity index (χ2v) is 5.47. The molecule has 21 heavy (non-hydrogen) atoms. The first-order chi connectivity index (χ1) is 10.4. The molecule has 1 heterocycles. The lowest BCUT2D eigenvalue weighted by atomic mass is 10.1. The SMILES string of the molecule is NCC#Cc1ccccc1CSc1nc2ccccc2[nH]1. The molecule has 0 amide bonds. The van der Waals surface area contributed by atoms with Crippen LogP contribution >= 0.6 is 11.8 Å². The summed E-state index contributed by atoms with van der Waals surface area (Å²) in [6.45, 7) is 0.380. The first-order valence-corrected chi connectivity index (χ1v) is 7.70. The highest BCUT2D eigenvalue weighted by Crippen LogP contribution is 2.24. The van der Waals surface area contributed by atoms with Crippen molar-refractivity contribution in [2.45, 2.75) is 10.9 Å². The Morgan fingerprint density at radius 1 is 1.10 bits per heavy atom. The number of nitrogens with one attached hydrogen (secondary N) is 1. The molecule has 0 aliphatic carbocycles. The number of hydrogen-bond acceptors (Lipinski definition) is 3. The fourth-order valence-corrected chi connectivity index (χ4v) is 2.95. The van der Waals surface area contributed by atoms with Crippen molar-refractivity contribution in [2.24, 2.45) is 5.73 Å². The number of rotatable bonds is 3. The van der Waals surface area contributed by atoms with Crippen molar-refractivity contribution in [3.05, 3.63) is 59.7 Å². The third kappa shape index (κ3) is 3.27. The second kappa shape index (κ2) is 6.49. The summed E-state index contributed by atoms with van der Waals surface area (Å²) in [5.41, 5.74) is 9.74. The van der Waals surface area contributed by atoms with Crippen molar-refractivity contribution in [2.75, 3.05) is 6.54 Å². The van der Waals surface area contributed by atoms with E-state index in [1.54, 1.807) is 11.8 Å². The molecule has 0 saturated carbocycles. The van der Waals surface area contributed by atoms with Gasteiger partial charge in [-0.2, -0.15) is 0 Å². The van der Waals surface area contributed by atoms with Gasteiger partial charge in [-0.05, 0) is 23.8 Å². The predicted octanol–water partition coefficient (Wildman–Crippen LogP) is 3.17. The Morgan fingerprint density at radius 3 is 2.76 bits per heavy atom. The molecule has 0 fully saturated rings. The maximum atomic E-state index is 5.44. The van der Waals surface area contributed by atoms with Gasteiger partial charge in [0.25, 0.3) is 0 Å². The maximum absolute atomic E-state index is 5.44. The number of aromatic nitrogens is 2. The Balaban J connectivity index is 1.78. The number of hydrogen-bond donors (Lipinski definition) is 2. The zero-order valence-corrected chi connectivity index (χ0v) is 12.3. The largest absolute Gasteiger partial charge is 0.333 e. The monoisotopic (exact) mass is 293 g/mol. The smallest absolute Gasteiger partial charge is 0.166 e. The lowest BCUT2D eigenvalue weighted by Gasteiger charge is -2.02. The van der Waals surface area contributed by atoms with Crippen LogP contribution in [0.2, 0.25) is 0 Å². The van der Waals surface area contributed by atoms with Crippen LogP contribution in [0.5, 0.6) is 0 Å². The van der Waals surface area contributed by atoms with Gasteiger partial charge >= 0.3 is 0 Å². The van der Waals surface area contributed by atoms with E-state index in [-0.39, 0.29) is 0 Å². The molecule has 0 aliphatic rings. The Kier molecular flexibility index (Phi) is 4.25. The molecule has 104 valence electrons. The van der Waals surface area contributed by atoms with Crippen LogP contribution in [-0.4, -0.2) is 16.5 Å². The Morgan fingerprint density at radius 2 is 1.90 bits per heavy atom. The van der Waals surface area contributed by atoms with Gasteiger partial charge in [0.15, 0.2) is 5.16 Å². The normalized spacial score (nSPS) is 10.3. The van der Waals surface area contributed by atoms with Gasteiger partial charge in [-0.25, -0.2) is 4.98 Å². The minimum atomic E-state index is 0.380. The molecular formula is C17H15N3S. The van der Waals surface area contributed by atoms with Gasteiger partial charge < -0.3 is 10.7 Å². The van der Waals surface area contributed by atoms with Gasteiger partial charge in [0.1, 0.15) is 0 Å². The minimum Gasteiger partial charge on any atom is -0.333 e. The molecule has 3 aromatic rings. The lowest BCUT2D eigenvalue weighted by molar-refractivity contribution is 1.08. The van der Waals surface area contributed by atoms with Crippen LogP contribution in [0.15, 0.2) is 53.7 Å². The van der Waals surface area contributed by atoms with Crippen molar-refractivity contribution >= 4 is 22.8 Å². The van der Waals surface area contributed by atoms with E-state index in [9.17, 15) is 0 Å². The van der Waals surface area contributed by atoms with Crippen LogP contribution < -0.4 is 5.73 Å². The van der Waals surface area contributed by atoms with Gasteiger partial charge in [0.2, 0.25) is 0 Å². The van der Waals surface area contributed by atoms with Gasteiger partial charge in [0, 0.05) is 11.3 Å². The molecule has 0 radical (unpaired) electrons. The summed E-state index contributed by atoms with van der Waals surface area (Å²) in [6, 6.07) is 16.2. The van der Waals surface area contributed by atoms with Crippen molar-refractivity contribution < 1.29 is 0 Å². The van der Waals surface area contributed by atoms with E-state index in [4.69, 9.17) is 5.73 Å². The summed E-state index contributed by atoms with van der Waals surface area (Å²) in [6.07, 6.45) is 0. The molecule has 3 N–H and O–H groups in total. The number of thioether (sulfide) groups is 1. The molecule has 0 atom stereocenters. The van der Waals surface area contributed by atoms with E-state index in [0.29, 0.717) is 6.54 Å². The van der Waals surface area contributed by atoms with Crippen molar-refractivity contribution in [1.29, 1.82) is 0 Å². The fourth-order valence-electron chi connectivity index (χ4n) is 2.06. The number of nitrogens with two attached hydrogens (primary N) is 1. The van der Waals surface area contributed by atoms with E-state index < -0.39 is 0 Å². The molecule has 0 spiro atoms. The van der Waals surface area contributed by atoms with Gasteiger partial charge in [-0.1, -0.05) is 53.9 Å². The van der Waals surface area contributed by atoms with Gasteiger partial charge in [-0.3, -0.25) is 0 Å². The van der Waals surface area contributed by atoms with E-state index in [1.165, 1.54) is 5.56 Å². The van der Waals surface area contributed by atoms with Gasteiger partial charge in [0.05, 0.1) is 17.6 Å². The standard InChI is InChI=1S/C17H15N3S/c18-11-5-8-13-6-1-2-7-14(13)12-21-17-19-15-9-3-4-10-16(15)20-17/h1-4,6-7,9-10H,11-12,18H2,(H,19,20). The van der Waals surface area contributed by atoms with E-state index >= 15 is 0 Å². The molecule has 0 saturated heterocycles. The van der Waals surface area contributed by atoms with E-state index in [2.05, 4.69) is 27.9 Å². The highest BCUT2D eigenvalue weighted by atomic mass is 32.2. The third-order valence-electron chi connectivity index (χ3n) is 3.07. The number of benzene rings is 2. The third-order valence-corrected chi connectivity index (χ3v) is 4.00. The summed E-state index contributed by atoms with van der Waals surface area (Å²) in [7, 11) is 0. The number of para-hydroxylation sites is 2. The fraction of sp³-hybridized carbons (Fsp3) is 0.118. The summed E-state index contributed by atoms with van der Waals surface area (Å²) < 4.78 is 0. The van der Waals surface area contributed by atoms with Crippen LogP contribution in [0.3, 0.4) is 0 Å². The number of imidazole rings is 1. The quantitative estimate of drug-likeness (QED) is 0.576. The highest BCUT2D eigenvalue weighted by Gasteiger charge is 2.05. The first-order valence-electron chi connectivity index (χ1n) is 6.71. The number of H-pyrrole nitrogens is 1. The molecule has 3 nitrogen and oxygen atoms in total. The summed E-state index contributed by atoms with van der Waals surface area (Å²) in [5.74, 6) is 6.86. The summed E-state index contributed by atoms with van der Waals surface area (Å²) in [4.78, 5) is 7.90. The highest BCUT2D eigenvalue weighted by molar-refractivity contribution is 7.98. The average molecular weight is 293 g/mol. The Labute approximate surface area is 128 Å². The first kappa shape index (κ1) is 13.7. The topological polar surface area (TPSA) is 54.7 Å². The zero-order valence-electron chi connectivity index (χ0n) is 11.5. The van der Waals surface area contributed by atoms with Crippen LogP contribution in [-0.2, 0) is 5.75 Å². The number of aromatic amines is 1. The average Bonchev–Trinajstić information content (AvgIpc) is 2.94. The molecule has 2 aromatic carbocycles. The van der Waals surface area contributed by atoms with Crippen molar-refractivity contribution in [3.8, 4) is 11.8 Å². The summed E-state index contributed by atoms with van der Waals surface area (Å²) >= 11 is 1.68. The molecule has 3 rings (SSSR count).